The zero-order chi connectivity index (χ0) is 79.0. The predicted octanol–water partition coefficient (Wildman–Crippen LogP) is 3.13. The van der Waals surface area contributed by atoms with Gasteiger partial charge in [0.15, 0.2) is 86.1 Å². The minimum absolute atomic E-state index is 0. The molecule has 0 saturated heterocycles. The first-order valence-electron chi connectivity index (χ1n) is 32.8. The van der Waals surface area contributed by atoms with Gasteiger partial charge in [0.1, 0.15) is 30.7 Å². The van der Waals surface area contributed by atoms with Crippen molar-refractivity contribution in [3.05, 3.63) is 267 Å². The number of carbonyl (C=O) groups excluding carboxylic acids is 3. The molecule has 17 rings (SSSR count). The molecule has 1 amide bonds. The van der Waals surface area contributed by atoms with Crippen LogP contribution in [0.5, 0.6) is 0 Å². The smallest absolute Gasteiger partial charge is 0.870 e. The maximum Gasteiger partial charge on any atom is 1.00 e. The van der Waals surface area contributed by atoms with Crippen LogP contribution in [0.25, 0.3) is 49.7 Å². The summed E-state index contributed by atoms with van der Waals surface area (Å²) in [6, 6.07) is 30.9. The van der Waals surface area contributed by atoms with Gasteiger partial charge in [-0.15, -0.1) is 48.6 Å². The van der Waals surface area contributed by atoms with Crippen LogP contribution in [-0.2, 0) is 59.4 Å². The van der Waals surface area contributed by atoms with Crippen molar-refractivity contribution in [2.45, 2.75) is 59.0 Å². The summed E-state index contributed by atoms with van der Waals surface area (Å²) in [6.45, 7) is 5.38. The Bertz CT molecular complexity index is 6060. The quantitative estimate of drug-likeness (QED) is 0.0172. The Labute approximate surface area is 671 Å². The number of fused-ring (bicyclic) bond motifs is 7. The molecule has 0 aliphatic heterocycles. The minimum Gasteiger partial charge on any atom is -0.870 e. The average Bonchev–Trinajstić information content (AvgIpc) is 1.69. The molecule has 17 aromatic heterocycles. The zero-order valence-corrected chi connectivity index (χ0v) is 62.6. The van der Waals surface area contributed by atoms with Gasteiger partial charge in [-0.2, -0.15) is 10.2 Å². The van der Waals surface area contributed by atoms with Crippen molar-refractivity contribution in [3.63, 3.8) is 0 Å². The van der Waals surface area contributed by atoms with Crippen molar-refractivity contribution in [2.75, 3.05) is 13.2 Å². The van der Waals surface area contributed by atoms with Gasteiger partial charge >= 0.3 is 36.8 Å². The second kappa shape index (κ2) is 41.8. The molecular weight excluding hydrogens is 1560 g/mol. The number of aromatic nitrogens is 28. The number of pyridine rings is 7. The van der Waals surface area contributed by atoms with Gasteiger partial charge < -0.3 is 45.4 Å². The molecule has 0 radical (unpaired) electrons. The van der Waals surface area contributed by atoms with Gasteiger partial charge in [-0.05, 0) is 92.2 Å². The molecule has 0 atom stereocenters. The first kappa shape index (κ1) is 86.5. The van der Waals surface area contributed by atoms with E-state index in [1.54, 1.807) is 77.7 Å². The number of azide groups is 1. The van der Waals surface area contributed by atoms with Gasteiger partial charge in [0.2, 0.25) is 0 Å². The Hall–Kier alpha value is -14.1. The second-order valence-corrected chi connectivity index (χ2v) is 23.3. The standard InChI is InChI=1S/C18H13ClFN9O.C12H12N6O2.C10H8N6O2.C8H7ClFN3.C7H6ClN3.C7H6N6.C5H6O2.Li.2H2O/c19-11-4-6-27-10-22-12(17(27)16(11)20)7-21-18(30)13-8-28(26-24-13)9-14-23-15-3-1-2-5-29(15)25-14;1-2-20-12(19)9-7-17(16-14-9)8-10-13-11-5-3-4-6-18(11)15-10;17-10(18)7-5-15(14-12-7)6-8-11-9-3-1-2-4-16(9)13-8;9-5-1-2-13-4-12-6(3-11)8(13)7(5)10;8-5-6-9-7-3-1-2-4-11(7)10-6;8-12-9-5-6-10-7-3-1-2-4-13(7)11-6;1-3-5(6)7-4-2;;;/h1-6,8,10H,7,9H2,(H,21,30);3-7H,2,8H2,1H3;1-5H,6H2,(H,17,18);1-2,4H,3,11H2;1-4H,5H2;1-4H,5H2;1H,4H2,2H3;;2*1H2/q;;;;;;;+1;;/p-1. The summed E-state index contributed by atoms with van der Waals surface area (Å²) in [7, 11) is 0. The van der Waals surface area contributed by atoms with E-state index in [4.69, 9.17) is 55.9 Å². The number of hydrogen-bond acceptors (Lipinski definition) is 27. The van der Waals surface area contributed by atoms with Crippen LogP contribution in [-0.4, -0.2) is 190 Å². The summed E-state index contributed by atoms with van der Waals surface area (Å²) in [4.78, 5) is 76.5. The SMILES string of the molecule is C#CC(=O)OCC.CCOC(=O)c1cn(Cc2nc3ccccn3n2)nn1.ClCc1nc2ccccn2n1.NCc1ncn2ccc(Cl)c(F)c12.O.O=C(NCc1ncn2ccc(Cl)c(F)c12)c1cn(Cc2nc3ccccn3n2)nn1.O=C(O)c1cn(Cc2nc3ccccn3n2)nn1.[Li+].[N-]=[N+]=NCc1nc2ccccn2n1.[OH-]. The molecular formula is C67H61Cl3F2LiN33O9. The second-order valence-electron chi connectivity index (χ2n) is 22.2. The molecule has 17 aromatic rings. The van der Waals surface area contributed by atoms with Crippen LogP contribution in [0.3, 0.4) is 0 Å². The Morgan fingerprint density at radius 3 is 1.35 bits per heavy atom. The number of halogens is 5. The minimum atomic E-state index is -1.11. The molecule has 0 aliphatic carbocycles. The fourth-order valence-corrected chi connectivity index (χ4v) is 10.2. The maximum absolute atomic E-state index is 14.3. The van der Waals surface area contributed by atoms with Crippen LogP contribution in [0.2, 0.25) is 10.0 Å². The number of hydrogen-bond donors (Lipinski definition) is 3. The molecule has 0 aliphatic rings. The number of nitrogens with two attached hydrogens (primary N) is 1. The van der Waals surface area contributed by atoms with Crippen LogP contribution < -0.4 is 29.9 Å². The summed E-state index contributed by atoms with van der Waals surface area (Å²) < 4.78 is 52.6. The Morgan fingerprint density at radius 1 is 0.574 bits per heavy atom. The molecule has 7 N–H and O–H groups in total. The number of esters is 2. The third kappa shape index (κ3) is 22.8. The molecule has 0 fully saturated rings. The van der Waals surface area contributed by atoms with Crippen LogP contribution in [0, 0.1) is 24.0 Å². The molecule has 17 heterocycles. The van der Waals surface area contributed by atoms with Crippen molar-refractivity contribution in [3.8, 4) is 12.3 Å². The number of aromatic carboxylic acids is 1. The summed E-state index contributed by atoms with van der Waals surface area (Å²) in [5.74, 6) is 1.33. The third-order valence-corrected chi connectivity index (χ3v) is 15.4. The first-order valence-corrected chi connectivity index (χ1v) is 34.1. The number of carbonyl (C=O) groups is 4. The predicted molar refractivity (Wildman–Crippen MR) is 398 cm³/mol. The Morgan fingerprint density at radius 2 is 0.957 bits per heavy atom. The summed E-state index contributed by atoms with van der Waals surface area (Å²) >= 11 is 17.0. The zero-order valence-electron chi connectivity index (χ0n) is 60.4. The van der Waals surface area contributed by atoms with E-state index in [0.29, 0.717) is 77.3 Å². The van der Waals surface area contributed by atoms with E-state index in [1.165, 1.54) is 61.8 Å². The van der Waals surface area contributed by atoms with Gasteiger partial charge in [0, 0.05) is 60.8 Å². The molecule has 0 aromatic carbocycles. The van der Waals surface area contributed by atoms with Crippen molar-refractivity contribution < 1.29 is 72.4 Å². The molecule has 42 nitrogen and oxygen atoms in total. The van der Waals surface area contributed by atoms with Gasteiger partial charge in [0.25, 0.3) is 5.91 Å². The third-order valence-electron chi connectivity index (χ3n) is 14.6. The summed E-state index contributed by atoms with van der Waals surface area (Å²) in [5.41, 5.74) is 18.9. The van der Waals surface area contributed by atoms with Crippen molar-refractivity contribution in [1.29, 1.82) is 0 Å². The Kier molecular flexibility index (Phi) is 31.4. The number of imidazole rings is 2. The number of alkyl halides is 1. The molecule has 0 spiro atoms. The largest absolute Gasteiger partial charge is 1.00 e. The average molecular weight is 1620 g/mol. The molecule has 0 bridgehead atoms. The number of terminal acetylenes is 1. The fourth-order valence-electron chi connectivity index (χ4n) is 9.75. The van der Waals surface area contributed by atoms with Crippen LogP contribution in [0.1, 0.15) is 85.8 Å². The van der Waals surface area contributed by atoms with E-state index >= 15 is 0 Å². The van der Waals surface area contributed by atoms with Gasteiger partial charge in [0.05, 0.1) is 84.9 Å². The number of rotatable bonds is 17. The number of amides is 1. The molecule has 584 valence electrons. The molecule has 48 heteroatoms. The van der Waals surface area contributed by atoms with Gasteiger partial charge in [-0.3, -0.25) is 4.79 Å². The maximum atomic E-state index is 14.3. The van der Waals surface area contributed by atoms with Gasteiger partial charge in [-0.1, -0.05) is 74.3 Å². The van der Waals surface area contributed by atoms with E-state index in [1.807, 2.05) is 103 Å². The topological polar surface area (TPSA) is 533 Å². The number of nitrogens with one attached hydrogen (secondary N) is 1. The summed E-state index contributed by atoms with van der Waals surface area (Å²) in [6.07, 6.45) is 24.2. The van der Waals surface area contributed by atoms with Crippen molar-refractivity contribution in [1.82, 2.24) is 142 Å². The van der Waals surface area contributed by atoms with E-state index in [9.17, 15) is 28.0 Å². The van der Waals surface area contributed by atoms with Crippen LogP contribution in [0.4, 0.5) is 8.78 Å². The van der Waals surface area contributed by atoms with E-state index in [2.05, 4.69) is 118 Å². The normalized spacial score (nSPS) is 10.4. The fraction of sp³-hybridized carbons (Fsp3) is 0.164. The van der Waals surface area contributed by atoms with E-state index < -0.39 is 35.4 Å². The number of ether oxygens (including phenoxy) is 2. The van der Waals surface area contributed by atoms with Crippen molar-refractivity contribution >= 4 is 97.9 Å². The summed E-state index contributed by atoms with van der Waals surface area (Å²) in [5, 5.41) is 58.6. The van der Waals surface area contributed by atoms with Crippen molar-refractivity contribution in [2.24, 2.45) is 10.8 Å². The monoisotopic (exact) mass is 1620 g/mol. The first-order chi connectivity index (χ1) is 54.4. The van der Waals surface area contributed by atoms with E-state index in [-0.39, 0.29) is 95.2 Å². The molecule has 0 unspecified atom stereocenters. The molecule has 115 heavy (non-hydrogen) atoms. The number of carboxylic acid groups (broad SMARTS) is 1. The number of carboxylic acids is 1. The van der Waals surface area contributed by atoms with Crippen LogP contribution >= 0.6 is 34.8 Å². The molecule has 0 saturated carbocycles. The van der Waals surface area contributed by atoms with E-state index in [0.717, 1.165) is 22.6 Å². The van der Waals surface area contributed by atoms with Crippen LogP contribution in [0.15, 0.2) is 183 Å². The Balaban J connectivity index is 0.000000174. The van der Waals surface area contributed by atoms with Gasteiger partial charge in [-0.25, -0.2) is 94.7 Å². The number of nitrogens with zero attached hydrogens (tertiary/aromatic N) is 31.